The Morgan fingerprint density at radius 1 is 1.00 bits per heavy atom. The van der Waals surface area contributed by atoms with Crippen molar-refractivity contribution in [2.75, 3.05) is 19.8 Å². The lowest BCUT2D eigenvalue weighted by Crippen LogP contribution is -2.42. The fourth-order valence-corrected chi connectivity index (χ4v) is 2.89. The van der Waals surface area contributed by atoms with Gasteiger partial charge in [-0.3, -0.25) is 9.59 Å². The molecule has 0 aliphatic carbocycles. The first kappa shape index (κ1) is 26.4. The zero-order chi connectivity index (χ0) is 24.4. The molecule has 0 saturated heterocycles. The lowest BCUT2D eigenvalue weighted by atomic mass is 10.1. The van der Waals surface area contributed by atoms with Crippen molar-refractivity contribution in [2.24, 2.45) is 0 Å². The van der Waals surface area contributed by atoms with Gasteiger partial charge in [0.25, 0.3) is 11.8 Å². The number of carbonyl (C=O) groups is 2. The van der Waals surface area contributed by atoms with Gasteiger partial charge >= 0.3 is 0 Å². The first-order chi connectivity index (χ1) is 15.7. The van der Waals surface area contributed by atoms with Gasteiger partial charge in [-0.25, -0.2) is 8.78 Å². The Morgan fingerprint density at radius 2 is 1.52 bits per heavy atom. The molecule has 2 aromatic rings. The lowest BCUT2D eigenvalue weighted by molar-refractivity contribution is -0.124. The van der Waals surface area contributed by atoms with Crippen LogP contribution in [0.4, 0.5) is 8.78 Å². The average Bonchev–Trinajstić information content (AvgIpc) is 2.78. The van der Waals surface area contributed by atoms with Crippen LogP contribution in [0, 0.1) is 11.6 Å². The molecule has 0 fully saturated rings. The van der Waals surface area contributed by atoms with Crippen LogP contribution in [0.3, 0.4) is 0 Å². The van der Waals surface area contributed by atoms with Gasteiger partial charge in [-0.05, 0) is 30.7 Å². The van der Waals surface area contributed by atoms with Crippen LogP contribution in [0.5, 0.6) is 11.5 Å². The second-order valence-corrected chi connectivity index (χ2v) is 7.65. The molecular formula is C22H22Cl2F2N2O5. The molecule has 0 saturated carbocycles. The number of halogens is 4. The number of benzene rings is 2. The minimum Gasteiger partial charge on any atom is -0.484 e. The molecule has 2 atom stereocenters. The Bertz CT molecular complexity index is 993. The molecule has 33 heavy (non-hydrogen) atoms. The third kappa shape index (κ3) is 9.25. The van der Waals surface area contributed by atoms with Crippen molar-refractivity contribution in [1.82, 2.24) is 10.6 Å². The average molecular weight is 503 g/mol. The smallest absolute Gasteiger partial charge is 0.258 e. The molecule has 0 heterocycles. The van der Waals surface area contributed by atoms with Gasteiger partial charge in [0, 0.05) is 24.7 Å². The van der Waals surface area contributed by atoms with E-state index in [9.17, 15) is 23.5 Å². The molecule has 0 bridgehead atoms. The summed E-state index contributed by atoms with van der Waals surface area (Å²) in [4.78, 5) is 23.9. The minimum absolute atomic E-state index is 0.0757. The first-order valence-electron chi connectivity index (χ1n) is 9.70. The molecule has 0 aromatic heterocycles. The van der Waals surface area contributed by atoms with E-state index >= 15 is 0 Å². The Morgan fingerprint density at radius 3 is 2.00 bits per heavy atom. The van der Waals surface area contributed by atoms with Crippen molar-refractivity contribution >= 4 is 35.0 Å². The van der Waals surface area contributed by atoms with Gasteiger partial charge in [-0.15, -0.1) is 6.58 Å². The van der Waals surface area contributed by atoms with E-state index in [1.165, 1.54) is 30.3 Å². The zero-order valence-electron chi connectivity index (χ0n) is 17.3. The van der Waals surface area contributed by atoms with E-state index in [4.69, 9.17) is 32.7 Å². The monoisotopic (exact) mass is 502 g/mol. The van der Waals surface area contributed by atoms with Gasteiger partial charge in [0.15, 0.2) is 13.2 Å². The highest BCUT2D eigenvalue weighted by Crippen LogP contribution is 2.21. The fourth-order valence-electron chi connectivity index (χ4n) is 2.55. The summed E-state index contributed by atoms with van der Waals surface area (Å²) in [6, 6.07) is 6.79. The molecule has 2 rings (SSSR count). The van der Waals surface area contributed by atoms with Crippen LogP contribution in [0.15, 0.2) is 49.1 Å². The van der Waals surface area contributed by atoms with E-state index in [2.05, 4.69) is 17.2 Å². The molecule has 11 heteroatoms. The summed E-state index contributed by atoms with van der Waals surface area (Å²) in [5.74, 6) is -1.78. The second-order valence-electron chi connectivity index (χ2n) is 6.83. The topological polar surface area (TPSA) is 96.9 Å². The molecule has 2 aromatic carbocycles. The van der Waals surface area contributed by atoms with Crippen molar-refractivity contribution in [3.8, 4) is 11.5 Å². The summed E-state index contributed by atoms with van der Waals surface area (Å²) in [5.41, 5.74) is 0. The van der Waals surface area contributed by atoms with Crippen molar-refractivity contribution in [3.63, 3.8) is 0 Å². The predicted octanol–water partition coefficient (Wildman–Crippen LogP) is 3.27. The maximum atomic E-state index is 13.1. The van der Waals surface area contributed by atoms with Gasteiger partial charge in [-0.1, -0.05) is 29.3 Å². The molecule has 0 spiro atoms. The summed E-state index contributed by atoms with van der Waals surface area (Å²) in [6.07, 6.45) is 0.514. The second kappa shape index (κ2) is 13.0. The highest BCUT2D eigenvalue weighted by Gasteiger charge is 2.16. The molecule has 178 valence electrons. The first-order valence-corrected chi connectivity index (χ1v) is 10.5. The van der Waals surface area contributed by atoms with Crippen LogP contribution in [-0.2, 0) is 9.59 Å². The summed E-state index contributed by atoms with van der Waals surface area (Å²) < 4.78 is 36.7. The molecule has 7 nitrogen and oxygen atoms in total. The van der Waals surface area contributed by atoms with Crippen molar-refractivity contribution in [3.05, 3.63) is 70.7 Å². The molecule has 0 radical (unpaired) electrons. The largest absolute Gasteiger partial charge is 0.484 e. The molecule has 2 amide bonds. The van der Waals surface area contributed by atoms with E-state index in [1.54, 1.807) is 0 Å². The van der Waals surface area contributed by atoms with Crippen LogP contribution >= 0.6 is 23.2 Å². The molecule has 3 N–H and O–H groups in total. The lowest BCUT2D eigenvalue weighted by Gasteiger charge is -2.19. The fraction of sp³-hybridized carbons (Fsp3) is 0.273. The van der Waals surface area contributed by atoms with E-state index < -0.39 is 35.6 Å². The number of aliphatic hydroxyl groups is 1. The van der Waals surface area contributed by atoms with Gasteiger partial charge in [0.2, 0.25) is 0 Å². The Hall–Kier alpha value is -2.88. The minimum atomic E-state index is -0.991. The van der Waals surface area contributed by atoms with Crippen molar-refractivity contribution in [2.45, 2.75) is 18.6 Å². The number of nitrogens with one attached hydrogen (secondary N) is 2. The van der Waals surface area contributed by atoms with Crippen LogP contribution in [0.1, 0.15) is 6.42 Å². The number of aliphatic hydroxyl groups excluding tert-OH is 1. The summed E-state index contributed by atoms with van der Waals surface area (Å²) >= 11 is 11.3. The SMILES string of the molecule is C=CC(C[C@H](O)CNC(=O)COc1ccc(F)c(Cl)c1)NC(=O)COc1ccc(F)c(Cl)c1. The number of ether oxygens (including phenoxy) is 2. The molecule has 0 aliphatic rings. The number of hydrogen-bond donors (Lipinski definition) is 3. The highest BCUT2D eigenvalue weighted by molar-refractivity contribution is 6.31. The Kier molecular flexibility index (Phi) is 10.4. The van der Waals surface area contributed by atoms with Gasteiger partial charge < -0.3 is 25.2 Å². The van der Waals surface area contributed by atoms with Crippen molar-refractivity contribution < 1.29 is 33.0 Å². The van der Waals surface area contributed by atoms with Gasteiger partial charge in [0.1, 0.15) is 23.1 Å². The number of carbonyl (C=O) groups excluding carboxylic acids is 2. The summed E-state index contributed by atoms with van der Waals surface area (Å²) in [5, 5.41) is 15.0. The Labute approximate surface area is 199 Å². The highest BCUT2D eigenvalue weighted by atomic mass is 35.5. The quantitative estimate of drug-likeness (QED) is 0.387. The van der Waals surface area contributed by atoms with Crippen LogP contribution in [0.2, 0.25) is 10.0 Å². The van der Waals surface area contributed by atoms with Gasteiger partial charge in [0.05, 0.1) is 16.1 Å². The van der Waals surface area contributed by atoms with E-state index in [0.717, 1.165) is 12.1 Å². The third-order valence-electron chi connectivity index (χ3n) is 4.21. The Balaban J connectivity index is 1.69. The number of rotatable bonds is 12. The zero-order valence-corrected chi connectivity index (χ0v) is 18.8. The van der Waals surface area contributed by atoms with E-state index in [0.29, 0.717) is 0 Å². The maximum Gasteiger partial charge on any atom is 0.258 e. The van der Waals surface area contributed by atoms with E-state index in [-0.39, 0.29) is 47.7 Å². The van der Waals surface area contributed by atoms with Crippen LogP contribution < -0.4 is 20.1 Å². The molecule has 1 unspecified atom stereocenters. The van der Waals surface area contributed by atoms with E-state index in [1.807, 2.05) is 0 Å². The maximum absolute atomic E-state index is 13.1. The third-order valence-corrected chi connectivity index (χ3v) is 4.79. The van der Waals surface area contributed by atoms with Crippen LogP contribution in [-0.4, -0.2) is 48.8 Å². The normalized spacial score (nSPS) is 12.4. The van der Waals surface area contributed by atoms with Crippen molar-refractivity contribution in [1.29, 1.82) is 0 Å². The standard InChI is InChI=1S/C22H22Cl2F2N2O5/c1-2-13(28-22(31)12-33-16-4-6-20(26)18(24)9-16)7-14(29)10-27-21(30)11-32-15-3-5-19(25)17(23)8-15/h2-6,8-9,13-14,29H,1,7,10-12H2,(H,27,30)(H,28,31)/t13?,14-/m0/s1. The van der Waals surface area contributed by atoms with Gasteiger partial charge in [-0.2, -0.15) is 0 Å². The summed E-state index contributed by atoms with van der Waals surface area (Å²) in [7, 11) is 0. The number of hydrogen-bond acceptors (Lipinski definition) is 5. The van der Waals surface area contributed by atoms with Crippen LogP contribution in [0.25, 0.3) is 0 Å². The predicted molar refractivity (Wildman–Crippen MR) is 120 cm³/mol. The summed E-state index contributed by atoms with van der Waals surface area (Å²) in [6.45, 7) is 2.79. The number of amides is 2. The molecular weight excluding hydrogens is 481 g/mol. The molecule has 0 aliphatic heterocycles.